The minimum atomic E-state index is 0.791. The summed E-state index contributed by atoms with van der Waals surface area (Å²) >= 11 is 0. The molecular formula is C23H29N3. The number of nitrogens with one attached hydrogen (secondary N) is 1. The second-order valence-corrected chi connectivity index (χ2v) is 6.64. The van der Waals surface area contributed by atoms with Gasteiger partial charge in [0.2, 0.25) is 0 Å². The highest BCUT2D eigenvalue weighted by Gasteiger charge is 2.21. The standard InChI is InChI=1S/C23H29N3/c1-3-5-11-16-24-20-18-25(17-4-2)22-14-9-10-15-23(22)26(19-20)21-12-7-6-8-13-21/h4,6-10,12-15,18,24H,2-3,5,11,16-17,19H2,1H3. The van der Waals surface area contributed by atoms with Gasteiger partial charge in [0.15, 0.2) is 0 Å². The maximum Gasteiger partial charge on any atom is 0.0655 e. The molecule has 0 atom stereocenters. The molecule has 0 unspecified atom stereocenters. The summed E-state index contributed by atoms with van der Waals surface area (Å²) in [5.74, 6) is 0. The first-order valence-corrected chi connectivity index (χ1v) is 9.57. The van der Waals surface area contributed by atoms with Gasteiger partial charge < -0.3 is 15.1 Å². The van der Waals surface area contributed by atoms with Crippen molar-refractivity contribution in [1.82, 2.24) is 5.32 Å². The third-order valence-corrected chi connectivity index (χ3v) is 4.65. The van der Waals surface area contributed by atoms with E-state index in [-0.39, 0.29) is 0 Å². The fraction of sp³-hybridized carbons (Fsp3) is 0.304. The van der Waals surface area contributed by atoms with Crippen molar-refractivity contribution in [3.8, 4) is 0 Å². The minimum Gasteiger partial charge on any atom is -0.386 e. The highest BCUT2D eigenvalue weighted by atomic mass is 15.2. The number of fused-ring (bicyclic) bond motifs is 1. The van der Waals surface area contributed by atoms with Gasteiger partial charge in [0.05, 0.1) is 17.9 Å². The van der Waals surface area contributed by atoms with E-state index in [1.54, 1.807) is 0 Å². The van der Waals surface area contributed by atoms with E-state index in [2.05, 4.69) is 89.4 Å². The van der Waals surface area contributed by atoms with Crippen LogP contribution in [0.25, 0.3) is 0 Å². The first-order valence-electron chi connectivity index (χ1n) is 9.57. The summed E-state index contributed by atoms with van der Waals surface area (Å²) in [6.45, 7) is 8.82. The van der Waals surface area contributed by atoms with Crippen LogP contribution in [-0.2, 0) is 0 Å². The summed E-state index contributed by atoms with van der Waals surface area (Å²) in [6, 6.07) is 19.2. The average Bonchev–Trinajstić information content (AvgIpc) is 2.84. The van der Waals surface area contributed by atoms with Crippen molar-refractivity contribution in [2.24, 2.45) is 0 Å². The number of para-hydroxylation sites is 3. The maximum absolute atomic E-state index is 3.94. The Bertz CT molecular complexity index is 736. The van der Waals surface area contributed by atoms with Crippen LogP contribution in [0.5, 0.6) is 0 Å². The molecule has 26 heavy (non-hydrogen) atoms. The molecule has 2 aromatic rings. The lowest BCUT2D eigenvalue weighted by Gasteiger charge is -2.27. The third-order valence-electron chi connectivity index (χ3n) is 4.65. The zero-order valence-corrected chi connectivity index (χ0v) is 15.7. The van der Waals surface area contributed by atoms with Gasteiger partial charge in [0.1, 0.15) is 0 Å². The SMILES string of the molecule is C=CCN1C=C(NCCCCC)CN(c2ccccc2)c2ccccc21. The summed E-state index contributed by atoms with van der Waals surface area (Å²) in [6.07, 6.45) is 7.91. The van der Waals surface area contributed by atoms with Crippen LogP contribution in [0.4, 0.5) is 17.1 Å². The predicted molar refractivity (Wildman–Crippen MR) is 113 cm³/mol. The van der Waals surface area contributed by atoms with Crippen LogP contribution in [-0.4, -0.2) is 19.6 Å². The number of benzene rings is 2. The normalized spacial score (nSPS) is 13.7. The lowest BCUT2D eigenvalue weighted by atomic mass is 10.2. The Kier molecular flexibility index (Phi) is 6.37. The zero-order chi connectivity index (χ0) is 18.2. The lowest BCUT2D eigenvalue weighted by molar-refractivity contribution is 0.659. The molecule has 1 N–H and O–H groups in total. The van der Waals surface area contributed by atoms with Crippen molar-refractivity contribution in [3.05, 3.63) is 79.1 Å². The highest BCUT2D eigenvalue weighted by molar-refractivity contribution is 5.80. The molecule has 0 saturated heterocycles. The molecular weight excluding hydrogens is 318 g/mol. The molecule has 3 heteroatoms. The second-order valence-electron chi connectivity index (χ2n) is 6.64. The van der Waals surface area contributed by atoms with E-state index in [0.29, 0.717) is 0 Å². The van der Waals surface area contributed by atoms with Gasteiger partial charge in [0.25, 0.3) is 0 Å². The first kappa shape index (κ1) is 18.1. The van der Waals surface area contributed by atoms with E-state index in [1.165, 1.54) is 42.0 Å². The van der Waals surface area contributed by atoms with Crippen molar-refractivity contribution < 1.29 is 0 Å². The first-order chi connectivity index (χ1) is 12.8. The number of hydrogen-bond acceptors (Lipinski definition) is 3. The fourth-order valence-electron chi connectivity index (χ4n) is 3.34. The minimum absolute atomic E-state index is 0.791. The summed E-state index contributed by atoms with van der Waals surface area (Å²) < 4.78 is 0. The quantitative estimate of drug-likeness (QED) is 0.506. The highest BCUT2D eigenvalue weighted by Crippen LogP contribution is 2.37. The van der Waals surface area contributed by atoms with Gasteiger partial charge in [0, 0.05) is 30.7 Å². The Morgan fingerprint density at radius 1 is 1.00 bits per heavy atom. The van der Waals surface area contributed by atoms with Crippen LogP contribution < -0.4 is 15.1 Å². The van der Waals surface area contributed by atoms with E-state index >= 15 is 0 Å². The number of unbranched alkanes of at least 4 members (excludes halogenated alkanes) is 2. The van der Waals surface area contributed by atoms with Crippen LogP contribution in [0, 0.1) is 0 Å². The van der Waals surface area contributed by atoms with Crippen molar-refractivity contribution >= 4 is 17.1 Å². The van der Waals surface area contributed by atoms with Gasteiger partial charge in [-0.25, -0.2) is 0 Å². The molecule has 0 saturated carbocycles. The number of nitrogens with zero attached hydrogens (tertiary/aromatic N) is 2. The summed E-state index contributed by atoms with van der Waals surface area (Å²) in [7, 11) is 0. The molecule has 136 valence electrons. The summed E-state index contributed by atoms with van der Waals surface area (Å²) in [4.78, 5) is 4.67. The molecule has 0 fully saturated rings. The van der Waals surface area contributed by atoms with E-state index in [4.69, 9.17) is 0 Å². The zero-order valence-electron chi connectivity index (χ0n) is 15.7. The Hall–Kier alpha value is -2.68. The van der Waals surface area contributed by atoms with Crippen LogP contribution in [0.15, 0.2) is 79.1 Å². The Labute approximate surface area is 157 Å². The van der Waals surface area contributed by atoms with Crippen LogP contribution >= 0.6 is 0 Å². The average molecular weight is 348 g/mol. The van der Waals surface area contributed by atoms with Crippen molar-refractivity contribution in [3.63, 3.8) is 0 Å². The van der Waals surface area contributed by atoms with Crippen LogP contribution in [0.3, 0.4) is 0 Å². The third kappa shape index (κ3) is 4.29. The molecule has 3 rings (SSSR count). The molecule has 0 aromatic heterocycles. The predicted octanol–water partition coefficient (Wildman–Crippen LogP) is 5.45. The van der Waals surface area contributed by atoms with E-state index in [0.717, 1.165) is 19.6 Å². The molecule has 2 aromatic carbocycles. The largest absolute Gasteiger partial charge is 0.386 e. The monoisotopic (exact) mass is 347 g/mol. The van der Waals surface area contributed by atoms with E-state index < -0.39 is 0 Å². The van der Waals surface area contributed by atoms with Gasteiger partial charge in [-0.05, 0) is 30.7 Å². The molecule has 0 bridgehead atoms. The van der Waals surface area contributed by atoms with Crippen LogP contribution in [0.2, 0.25) is 0 Å². The van der Waals surface area contributed by atoms with Crippen molar-refractivity contribution in [2.75, 3.05) is 29.4 Å². The molecule has 0 amide bonds. The topological polar surface area (TPSA) is 18.5 Å². The van der Waals surface area contributed by atoms with Gasteiger partial charge in [-0.15, -0.1) is 6.58 Å². The molecule has 3 nitrogen and oxygen atoms in total. The molecule has 1 aliphatic heterocycles. The van der Waals surface area contributed by atoms with Crippen LogP contribution in [0.1, 0.15) is 26.2 Å². The Balaban J connectivity index is 1.94. The summed E-state index contributed by atoms with van der Waals surface area (Å²) in [5, 5.41) is 3.66. The molecule has 0 radical (unpaired) electrons. The molecule has 0 aliphatic carbocycles. The van der Waals surface area contributed by atoms with Gasteiger partial charge >= 0.3 is 0 Å². The Morgan fingerprint density at radius 2 is 1.73 bits per heavy atom. The smallest absolute Gasteiger partial charge is 0.0655 e. The van der Waals surface area contributed by atoms with Gasteiger partial charge in [-0.3, -0.25) is 0 Å². The van der Waals surface area contributed by atoms with E-state index in [1.807, 2.05) is 6.08 Å². The maximum atomic E-state index is 3.94. The summed E-state index contributed by atoms with van der Waals surface area (Å²) in [5.41, 5.74) is 4.88. The van der Waals surface area contributed by atoms with Crippen molar-refractivity contribution in [2.45, 2.75) is 26.2 Å². The molecule has 1 aliphatic rings. The number of hydrogen-bond donors (Lipinski definition) is 1. The number of anilines is 3. The molecule has 1 heterocycles. The van der Waals surface area contributed by atoms with Gasteiger partial charge in [-0.1, -0.05) is 56.2 Å². The Morgan fingerprint density at radius 3 is 2.46 bits per heavy atom. The number of rotatable bonds is 8. The second kappa shape index (κ2) is 9.14. The lowest BCUT2D eigenvalue weighted by Crippen LogP contribution is -2.27. The molecule has 0 spiro atoms. The van der Waals surface area contributed by atoms with Crippen molar-refractivity contribution in [1.29, 1.82) is 0 Å². The van der Waals surface area contributed by atoms with E-state index in [9.17, 15) is 0 Å². The fourth-order valence-corrected chi connectivity index (χ4v) is 3.34. The van der Waals surface area contributed by atoms with Gasteiger partial charge in [-0.2, -0.15) is 0 Å².